The van der Waals surface area contributed by atoms with Crippen molar-refractivity contribution in [2.45, 2.75) is 13.2 Å². The minimum atomic E-state index is -1.10. The van der Waals surface area contributed by atoms with Gasteiger partial charge in [-0.25, -0.2) is 0 Å². The number of fused-ring (bicyclic) bond motifs is 2. The average molecular weight is 369 g/mol. The molecule has 1 unspecified atom stereocenters. The molecule has 1 atom stereocenters. The summed E-state index contributed by atoms with van der Waals surface area (Å²) in [5, 5.41) is 23.9. The molecule has 0 radical (unpaired) electrons. The molecule has 0 heterocycles. The van der Waals surface area contributed by atoms with Gasteiger partial charge in [-0.2, -0.15) is 0 Å². The molecule has 2 aromatic rings. The van der Waals surface area contributed by atoms with Gasteiger partial charge in [-0.05, 0) is 13.0 Å². The Morgan fingerprint density at radius 1 is 1.15 bits per heavy atom. The number of aliphatic hydroxyl groups excluding tert-OH is 2. The van der Waals surface area contributed by atoms with Crippen LogP contribution in [-0.2, 0) is 0 Å². The van der Waals surface area contributed by atoms with Crippen LogP contribution < -0.4 is 16.4 Å². The number of nitrogens with two attached hydrogens (primary N) is 1. The van der Waals surface area contributed by atoms with Gasteiger partial charge in [0.25, 0.3) is 5.91 Å². The number of carbonyl (C=O) groups excluding carboxylic acids is 3. The van der Waals surface area contributed by atoms with Gasteiger partial charge < -0.3 is 26.6 Å². The zero-order valence-corrected chi connectivity index (χ0v) is 14.6. The Bertz CT molecular complexity index is 953. The Morgan fingerprint density at radius 2 is 1.74 bits per heavy atom. The van der Waals surface area contributed by atoms with Crippen molar-refractivity contribution in [1.29, 1.82) is 0 Å². The van der Waals surface area contributed by atoms with E-state index < -0.39 is 23.7 Å². The van der Waals surface area contributed by atoms with Crippen LogP contribution in [0.4, 0.5) is 11.4 Å². The highest BCUT2D eigenvalue weighted by Crippen LogP contribution is 2.38. The van der Waals surface area contributed by atoms with Crippen molar-refractivity contribution in [3.63, 3.8) is 0 Å². The predicted octanol–water partition coefficient (Wildman–Crippen LogP) is 0.516. The monoisotopic (exact) mass is 369 g/mol. The van der Waals surface area contributed by atoms with E-state index in [4.69, 9.17) is 10.8 Å². The molecule has 0 spiro atoms. The van der Waals surface area contributed by atoms with E-state index >= 15 is 0 Å². The third kappa shape index (κ3) is 3.16. The molecule has 0 saturated carbocycles. The van der Waals surface area contributed by atoms with Crippen LogP contribution in [0.2, 0.25) is 0 Å². The Kier molecular flexibility index (Phi) is 4.93. The number of amides is 1. The lowest BCUT2D eigenvalue weighted by Gasteiger charge is -2.25. The van der Waals surface area contributed by atoms with Crippen molar-refractivity contribution < 1.29 is 24.6 Å². The van der Waals surface area contributed by atoms with Gasteiger partial charge in [0.2, 0.25) is 0 Å². The van der Waals surface area contributed by atoms with Crippen molar-refractivity contribution in [3.05, 3.63) is 58.1 Å². The highest BCUT2D eigenvalue weighted by atomic mass is 16.3. The number of nitrogens with one attached hydrogen (secondary N) is 2. The summed E-state index contributed by atoms with van der Waals surface area (Å²) in [6.07, 6.45) is -1.10. The molecule has 1 amide bonds. The van der Waals surface area contributed by atoms with E-state index in [0.29, 0.717) is 0 Å². The molecule has 8 heteroatoms. The van der Waals surface area contributed by atoms with Crippen LogP contribution in [0.15, 0.2) is 30.3 Å². The number of ketones is 2. The molecule has 0 bridgehead atoms. The van der Waals surface area contributed by atoms with E-state index in [0.717, 1.165) is 0 Å². The summed E-state index contributed by atoms with van der Waals surface area (Å²) >= 11 is 0. The number of hydrogen-bond donors (Lipinski definition) is 5. The van der Waals surface area contributed by atoms with Gasteiger partial charge in [0.15, 0.2) is 11.6 Å². The summed E-state index contributed by atoms with van der Waals surface area (Å²) in [6.45, 7) is 1.15. The van der Waals surface area contributed by atoms with E-state index in [2.05, 4.69) is 10.6 Å². The fourth-order valence-corrected chi connectivity index (χ4v) is 3.13. The van der Waals surface area contributed by atoms with E-state index in [-0.39, 0.29) is 52.3 Å². The Morgan fingerprint density at radius 3 is 2.30 bits per heavy atom. The summed E-state index contributed by atoms with van der Waals surface area (Å²) in [5.74, 6) is -1.48. The maximum Gasteiger partial charge on any atom is 0.253 e. The van der Waals surface area contributed by atoms with E-state index in [1.54, 1.807) is 18.2 Å². The molecule has 0 saturated heterocycles. The molecule has 3 rings (SSSR count). The summed E-state index contributed by atoms with van der Waals surface area (Å²) < 4.78 is 0. The second-order valence-electron chi connectivity index (χ2n) is 6.14. The maximum atomic E-state index is 13.1. The third-order valence-electron chi connectivity index (χ3n) is 4.22. The molecular formula is C19H19N3O5. The van der Waals surface area contributed by atoms with Gasteiger partial charge in [-0.1, -0.05) is 24.3 Å². The van der Waals surface area contributed by atoms with Gasteiger partial charge in [0.05, 0.1) is 29.0 Å². The first-order valence-electron chi connectivity index (χ1n) is 8.35. The first-order chi connectivity index (χ1) is 12.9. The molecule has 1 aliphatic carbocycles. The van der Waals surface area contributed by atoms with Crippen molar-refractivity contribution in [2.24, 2.45) is 0 Å². The molecule has 6 N–H and O–H groups in total. The summed E-state index contributed by atoms with van der Waals surface area (Å²) in [4.78, 5) is 38.5. The van der Waals surface area contributed by atoms with Crippen LogP contribution in [0.5, 0.6) is 0 Å². The van der Waals surface area contributed by atoms with Crippen LogP contribution in [0, 0.1) is 0 Å². The smallest absolute Gasteiger partial charge is 0.253 e. The lowest BCUT2D eigenvalue weighted by molar-refractivity contribution is 0.0943. The van der Waals surface area contributed by atoms with E-state index in [1.165, 1.54) is 19.1 Å². The lowest BCUT2D eigenvalue weighted by atomic mass is 9.81. The number of carbonyl (C=O) groups is 3. The number of rotatable bonds is 5. The quantitative estimate of drug-likeness (QED) is 0.326. The molecule has 1 aliphatic rings. The number of benzene rings is 2. The van der Waals surface area contributed by atoms with Gasteiger partial charge >= 0.3 is 0 Å². The normalized spacial score (nSPS) is 13.6. The molecule has 8 nitrogen and oxygen atoms in total. The predicted molar refractivity (Wildman–Crippen MR) is 98.9 cm³/mol. The number of hydrogen-bond acceptors (Lipinski definition) is 7. The highest BCUT2D eigenvalue weighted by molar-refractivity contribution is 6.32. The van der Waals surface area contributed by atoms with Gasteiger partial charge in [0, 0.05) is 23.4 Å². The molecule has 140 valence electrons. The van der Waals surface area contributed by atoms with Crippen molar-refractivity contribution in [3.8, 4) is 0 Å². The molecular weight excluding hydrogens is 350 g/mol. The van der Waals surface area contributed by atoms with Crippen molar-refractivity contribution in [1.82, 2.24) is 5.32 Å². The molecule has 27 heavy (non-hydrogen) atoms. The van der Waals surface area contributed by atoms with Crippen molar-refractivity contribution >= 4 is 28.8 Å². The van der Waals surface area contributed by atoms with E-state index in [1.807, 2.05) is 0 Å². The summed E-state index contributed by atoms with van der Waals surface area (Å²) in [6, 6.07) is 7.64. The van der Waals surface area contributed by atoms with Gasteiger partial charge in [-0.3, -0.25) is 14.4 Å². The molecule has 0 fully saturated rings. The minimum Gasteiger partial charge on any atom is -0.398 e. The summed E-state index contributed by atoms with van der Waals surface area (Å²) in [7, 11) is 0. The second-order valence-corrected chi connectivity index (χ2v) is 6.14. The van der Waals surface area contributed by atoms with Gasteiger partial charge in [-0.15, -0.1) is 0 Å². The third-order valence-corrected chi connectivity index (χ3v) is 4.22. The topological polar surface area (TPSA) is 142 Å². The first kappa shape index (κ1) is 18.6. The van der Waals surface area contributed by atoms with E-state index in [9.17, 15) is 19.5 Å². The van der Waals surface area contributed by atoms with Crippen LogP contribution in [0.1, 0.15) is 49.1 Å². The number of aliphatic hydroxyl groups is 2. The first-order valence-corrected chi connectivity index (χ1v) is 8.35. The van der Waals surface area contributed by atoms with Crippen LogP contribution >= 0.6 is 0 Å². The number of anilines is 2. The Labute approximate surface area is 155 Å². The fourth-order valence-electron chi connectivity index (χ4n) is 3.13. The Balaban J connectivity index is 2.27. The van der Waals surface area contributed by atoms with Crippen LogP contribution in [-0.4, -0.2) is 47.1 Å². The minimum absolute atomic E-state index is 0.000345. The molecule has 0 aliphatic heterocycles. The summed E-state index contributed by atoms with van der Waals surface area (Å²) in [5.41, 5.74) is 6.44. The van der Waals surface area contributed by atoms with Crippen LogP contribution in [0.25, 0.3) is 0 Å². The zero-order valence-electron chi connectivity index (χ0n) is 14.6. The fraction of sp³-hybridized carbons (Fsp3) is 0.211. The van der Waals surface area contributed by atoms with Crippen LogP contribution in [0.3, 0.4) is 0 Å². The maximum absolute atomic E-state index is 13.1. The van der Waals surface area contributed by atoms with Crippen molar-refractivity contribution in [2.75, 3.05) is 24.2 Å². The average Bonchev–Trinajstić information content (AvgIpc) is 2.64. The lowest BCUT2D eigenvalue weighted by Crippen LogP contribution is -2.31. The molecule has 2 aromatic carbocycles. The largest absolute Gasteiger partial charge is 0.398 e. The Hall–Kier alpha value is -3.23. The molecule has 0 aromatic heterocycles. The zero-order chi connectivity index (χ0) is 19.7. The SMILES string of the molecule is CC(O)Nc1c(C(=O)NCCO)cc(N)c2c1C(=O)c1ccccc1C2=O. The van der Waals surface area contributed by atoms with Gasteiger partial charge in [0.1, 0.15) is 6.23 Å². The highest BCUT2D eigenvalue weighted by Gasteiger charge is 2.35. The second kappa shape index (κ2) is 7.18. The number of nitrogen functional groups attached to an aromatic ring is 1. The standard InChI is InChI=1S/C19H19N3O5/c1-9(24)22-16-12(19(27)21-6-7-23)8-13(20)14-15(16)18(26)11-5-3-2-4-10(11)17(14)25/h2-5,8-9,22-24H,6-7,20H2,1H3,(H,21,27).